The summed E-state index contributed by atoms with van der Waals surface area (Å²) >= 11 is 0. The molecular formula is C14H20N2O3. The number of amides is 1. The fourth-order valence-electron chi connectivity index (χ4n) is 1.65. The number of carbonyl (C=O) groups is 2. The van der Waals surface area contributed by atoms with E-state index in [0.717, 1.165) is 0 Å². The van der Waals surface area contributed by atoms with Crippen molar-refractivity contribution < 1.29 is 14.7 Å². The van der Waals surface area contributed by atoms with Crippen molar-refractivity contribution in [1.29, 1.82) is 0 Å². The summed E-state index contributed by atoms with van der Waals surface area (Å²) in [5.41, 5.74) is 4.77. The molecule has 0 aliphatic rings. The van der Waals surface area contributed by atoms with Crippen LogP contribution in [0.4, 0.5) is 0 Å². The van der Waals surface area contributed by atoms with Gasteiger partial charge in [0.25, 0.3) is 0 Å². The van der Waals surface area contributed by atoms with Crippen molar-refractivity contribution in [2.45, 2.75) is 32.4 Å². The standard InChI is InChI=1S/C14H20N2O3/c1-9(2)11(15)12(17)16-14(3,13(18)19)10-7-5-4-6-8-10/h4-9,11H,15H2,1-3H3,(H,16,17)(H,18,19)/t11-,14?/m1/s1. The topological polar surface area (TPSA) is 92.4 Å². The second kappa shape index (κ2) is 5.84. The molecule has 0 bridgehead atoms. The quantitative estimate of drug-likeness (QED) is 0.742. The van der Waals surface area contributed by atoms with Gasteiger partial charge in [-0.2, -0.15) is 0 Å². The molecule has 0 radical (unpaired) electrons. The molecule has 19 heavy (non-hydrogen) atoms. The Hall–Kier alpha value is -1.88. The van der Waals surface area contributed by atoms with E-state index < -0.39 is 23.5 Å². The maximum Gasteiger partial charge on any atom is 0.333 e. The largest absolute Gasteiger partial charge is 0.479 e. The van der Waals surface area contributed by atoms with Crippen molar-refractivity contribution in [3.05, 3.63) is 35.9 Å². The van der Waals surface area contributed by atoms with Gasteiger partial charge in [-0.3, -0.25) is 4.79 Å². The first kappa shape index (κ1) is 15.2. The summed E-state index contributed by atoms with van der Waals surface area (Å²) < 4.78 is 0. The molecule has 0 saturated carbocycles. The first-order valence-corrected chi connectivity index (χ1v) is 6.15. The normalized spacial score (nSPS) is 15.6. The van der Waals surface area contributed by atoms with E-state index in [-0.39, 0.29) is 5.92 Å². The fraction of sp³-hybridized carbons (Fsp3) is 0.429. The molecule has 0 spiro atoms. The smallest absolute Gasteiger partial charge is 0.333 e. The number of hydrogen-bond acceptors (Lipinski definition) is 3. The number of benzene rings is 1. The lowest BCUT2D eigenvalue weighted by Crippen LogP contribution is -2.55. The van der Waals surface area contributed by atoms with Crippen LogP contribution >= 0.6 is 0 Å². The van der Waals surface area contributed by atoms with E-state index in [1.54, 1.807) is 30.3 Å². The Morgan fingerprint density at radius 3 is 2.21 bits per heavy atom. The van der Waals surface area contributed by atoms with E-state index >= 15 is 0 Å². The first-order chi connectivity index (χ1) is 8.79. The number of carbonyl (C=O) groups excluding carboxylic acids is 1. The molecule has 5 heteroatoms. The zero-order valence-corrected chi connectivity index (χ0v) is 11.4. The fourth-order valence-corrected chi connectivity index (χ4v) is 1.65. The van der Waals surface area contributed by atoms with Gasteiger partial charge in [-0.15, -0.1) is 0 Å². The molecule has 2 atom stereocenters. The van der Waals surface area contributed by atoms with Crippen molar-refractivity contribution in [1.82, 2.24) is 5.32 Å². The van der Waals surface area contributed by atoms with Crippen molar-refractivity contribution in [2.75, 3.05) is 0 Å². The zero-order valence-electron chi connectivity index (χ0n) is 11.4. The summed E-state index contributed by atoms with van der Waals surface area (Å²) in [5.74, 6) is -1.65. The lowest BCUT2D eigenvalue weighted by molar-refractivity contribution is -0.147. The molecule has 0 heterocycles. The number of hydrogen-bond donors (Lipinski definition) is 3. The Morgan fingerprint density at radius 1 is 1.26 bits per heavy atom. The second-order valence-electron chi connectivity index (χ2n) is 5.06. The average molecular weight is 264 g/mol. The van der Waals surface area contributed by atoms with Crippen LogP contribution in [0, 0.1) is 5.92 Å². The van der Waals surface area contributed by atoms with Crippen molar-refractivity contribution >= 4 is 11.9 Å². The van der Waals surface area contributed by atoms with E-state index in [9.17, 15) is 14.7 Å². The van der Waals surface area contributed by atoms with Crippen LogP contribution < -0.4 is 11.1 Å². The first-order valence-electron chi connectivity index (χ1n) is 6.15. The highest BCUT2D eigenvalue weighted by molar-refractivity contribution is 5.90. The Bertz CT molecular complexity index is 459. The van der Waals surface area contributed by atoms with E-state index in [0.29, 0.717) is 5.56 Å². The summed E-state index contributed by atoms with van der Waals surface area (Å²) in [6.45, 7) is 5.07. The highest BCUT2D eigenvalue weighted by atomic mass is 16.4. The number of nitrogens with one attached hydrogen (secondary N) is 1. The Labute approximate surface area is 112 Å². The number of nitrogens with two attached hydrogens (primary N) is 1. The van der Waals surface area contributed by atoms with Crippen LogP contribution in [0.25, 0.3) is 0 Å². The van der Waals surface area contributed by atoms with Crippen LogP contribution in [0.15, 0.2) is 30.3 Å². The second-order valence-corrected chi connectivity index (χ2v) is 5.06. The Morgan fingerprint density at radius 2 is 1.79 bits per heavy atom. The summed E-state index contributed by atoms with van der Waals surface area (Å²) in [6.07, 6.45) is 0. The number of carboxylic acids is 1. The summed E-state index contributed by atoms with van der Waals surface area (Å²) in [5, 5.41) is 11.9. The molecule has 1 unspecified atom stereocenters. The predicted molar refractivity (Wildman–Crippen MR) is 72.4 cm³/mol. The summed E-state index contributed by atoms with van der Waals surface area (Å²) in [6, 6.07) is 7.83. The maximum atomic E-state index is 12.0. The van der Waals surface area contributed by atoms with Crippen LogP contribution in [0.5, 0.6) is 0 Å². The van der Waals surface area contributed by atoms with Gasteiger partial charge in [-0.1, -0.05) is 44.2 Å². The molecule has 5 nitrogen and oxygen atoms in total. The SMILES string of the molecule is CC(C)[C@@H](N)C(=O)NC(C)(C(=O)O)c1ccccc1. The van der Waals surface area contributed by atoms with Crippen LogP contribution in [-0.2, 0) is 15.1 Å². The minimum absolute atomic E-state index is 0.0613. The maximum absolute atomic E-state index is 12.0. The highest BCUT2D eigenvalue weighted by Gasteiger charge is 2.38. The van der Waals surface area contributed by atoms with Gasteiger partial charge >= 0.3 is 5.97 Å². The Kier molecular flexibility index (Phi) is 4.67. The van der Waals surface area contributed by atoms with Crippen LogP contribution in [0.3, 0.4) is 0 Å². The van der Waals surface area contributed by atoms with Gasteiger partial charge in [-0.05, 0) is 18.4 Å². The summed E-state index contributed by atoms with van der Waals surface area (Å²) in [7, 11) is 0. The summed E-state index contributed by atoms with van der Waals surface area (Å²) in [4.78, 5) is 23.5. The van der Waals surface area contributed by atoms with E-state index in [2.05, 4.69) is 5.32 Å². The van der Waals surface area contributed by atoms with E-state index in [1.807, 2.05) is 13.8 Å². The van der Waals surface area contributed by atoms with E-state index in [4.69, 9.17) is 5.73 Å². The minimum Gasteiger partial charge on any atom is -0.479 e. The van der Waals surface area contributed by atoms with Gasteiger partial charge in [-0.25, -0.2) is 4.79 Å². The molecular weight excluding hydrogens is 244 g/mol. The zero-order chi connectivity index (χ0) is 14.6. The third-order valence-corrected chi connectivity index (χ3v) is 3.17. The Balaban J connectivity index is 3.03. The van der Waals surface area contributed by atoms with Crippen molar-refractivity contribution in [2.24, 2.45) is 11.7 Å². The molecule has 4 N–H and O–H groups in total. The number of aliphatic carboxylic acids is 1. The van der Waals surface area contributed by atoms with E-state index in [1.165, 1.54) is 6.92 Å². The molecule has 0 aliphatic heterocycles. The van der Waals surface area contributed by atoms with Crippen LogP contribution in [0.2, 0.25) is 0 Å². The molecule has 1 aromatic carbocycles. The molecule has 1 rings (SSSR count). The average Bonchev–Trinajstić information content (AvgIpc) is 2.38. The van der Waals surface area contributed by atoms with Crippen molar-refractivity contribution in [3.8, 4) is 0 Å². The molecule has 104 valence electrons. The van der Waals surface area contributed by atoms with Gasteiger partial charge in [0.05, 0.1) is 6.04 Å². The van der Waals surface area contributed by atoms with Gasteiger partial charge in [0.2, 0.25) is 5.91 Å². The monoisotopic (exact) mass is 264 g/mol. The number of carboxylic acid groups (broad SMARTS) is 1. The highest BCUT2D eigenvalue weighted by Crippen LogP contribution is 2.21. The molecule has 0 saturated heterocycles. The number of rotatable bonds is 5. The van der Waals surface area contributed by atoms with Crippen molar-refractivity contribution in [3.63, 3.8) is 0 Å². The van der Waals surface area contributed by atoms with Gasteiger partial charge in [0.1, 0.15) is 0 Å². The molecule has 1 aromatic rings. The predicted octanol–water partition coefficient (Wildman–Crippen LogP) is 1.09. The molecule has 1 amide bonds. The third kappa shape index (κ3) is 3.32. The third-order valence-electron chi connectivity index (χ3n) is 3.17. The molecule has 0 aliphatic carbocycles. The van der Waals surface area contributed by atoms with Gasteiger partial charge < -0.3 is 16.2 Å². The molecule has 0 aromatic heterocycles. The lowest BCUT2D eigenvalue weighted by atomic mass is 9.91. The van der Waals surface area contributed by atoms with Gasteiger partial charge in [0, 0.05) is 0 Å². The van der Waals surface area contributed by atoms with Gasteiger partial charge in [0.15, 0.2) is 5.54 Å². The lowest BCUT2D eigenvalue weighted by Gasteiger charge is -2.29. The molecule has 0 fully saturated rings. The van der Waals surface area contributed by atoms with Crippen LogP contribution in [-0.4, -0.2) is 23.0 Å². The van der Waals surface area contributed by atoms with Crippen LogP contribution in [0.1, 0.15) is 26.3 Å². The minimum atomic E-state index is -1.48.